The molecule has 0 atom stereocenters. The summed E-state index contributed by atoms with van der Waals surface area (Å²) in [5.41, 5.74) is 0. The van der Waals surface area contributed by atoms with Crippen molar-refractivity contribution in [2.24, 2.45) is 0 Å². The largest absolute Gasteiger partial charge is 4.00 e. The third-order valence-corrected chi connectivity index (χ3v) is 0. The van der Waals surface area contributed by atoms with Crippen molar-refractivity contribution in [3.63, 3.8) is 0 Å². The van der Waals surface area contributed by atoms with Crippen LogP contribution in [0.5, 0.6) is 0 Å². The van der Waals surface area contributed by atoms with Crippen molar-refractivity contribution in [3.8, 4) is 0 Å². The molecule has 0 aromatic rings. The Morgan fingerprint density at radius 2 is 0.529 bits per heavy atom. The minimum atomic E-state index is -2.08. The zero-order valence-corrected chi connectivity index (χ0v) is 11.7. The molecule has 13 heteroatoms. The van der Waals surface area contributed by atoms with Gasteiger partial charge in [0.2, 0.25) is 24.6 Å². The Morgan fingerprint density at radius 1 is 0.529 bits per heavy atom. The molecule has 0 aliphatic carbocycles. The fourth-order valence-corrected chi connectivity index (χ4v) is 0. The first-order valence-electron chi connectivity index (χ1n) is 2.53. The molecule has 12 nitrogen and oxygen atoms in total. The first-order chi connectivity index (χ1) is 6.93. The Bertz CT molecular complexity index is 159. The Labute approximate surface area is 124 Å². The van der Waals surface area contributed by atoms with Gasteiger partial charge in [0.25, 0.3) is 0 Å². The number of hydrogen-bond donors (Lipinski definition) is 4. The van der Waals surface area contributed by atoms with Gasteiger partial charge in [-0.15, -0.1) is 0 Å². The summed E-state index contributed by atoms with van der Waals surface area (Å²) in [4.78, 5) is 33.8. The van der Waals surface area contributed by atoms with Gasteiger partial charge in [0.15, 0.2) is 0 Å². The van der Waals surface area contributed by atoms with E-state index in [0.29, 0.717) is 0 Å². The Hall–Kier alpha value is -1.60. The van der Waals surface area contributed by atoms with E-state index in [-0.39, 0.29) is 39.9 Å². The fourth-order valence-electron chi connectivity index (χ4n) is 0. The zero-order valence-electron chi connectivity index (χ0n) is 7.55. The maximum absolute atomic E-state index is 8.44. The fraction of sp³-hybridized carbons (Fsp3) is 0. The summed E-state index contributed by atoms with van der Waals surface area (Å²) in [7, 11) is 0. The molecule has 0 aliphatic rings. The molecular weight excluding hydrogens is 472 g/mol. The molecular formula is C4H4O12Th. The van der Waals surface area contributed by atoms with Crippen LogP contribution in [0.25, 0.3) is 0 Å². The van der Waals surface area contributed by atoms with Crippen molar-refractivity contribution in [1.29, 1.82) is 0 Å². The normalized spacial score (nSPS) is 5.65. The van der Waals surface area contributed by atoms with Crippen molar-refractivity contribution < 1.29 is 100.0 Å². The molecule has 0 unspecified atom stereocenters. The summed E-state index contributed by atoms with van der Waals surface area (Å²) >= 11 is 0. The van der Waals surface area contributed by atoms with Gasteiger partial charge >= 0.3 is 39.9 Å². The topological polar surface area (TPSA) is 241 Å². The summed E-state index contributed by atoms with van der Waals surface area (Å²) in [6.45, 7) is 0. The summed E-state index contributed by atoms with van der Waals surface area (Å²) in [5, 5.41) is 61.2. The molecule has 4 N–H and O–H groups in total. The molecule has 0 fully saturated rings. The van der Waals surface area contributed by atoms with Gasteiger partial charge in [-0.3, -0.25) is 0 Å². The minimum absolute atomic E-state index is 0. The molecule has 0 aromatic carbocycles. The van der Waals surface area contributed by atoms with Crippen LogP contribution in [0.1, 0.15) is 0 Å². The number of carboxylic acid groups (broad SMARTS) is 8. The molecule has 0 amide bonds. The maximum atomic E-state index is 8.44. The van der Waals surface area contributed by atoms with E-state index in [4.69, 9.17) is 60.0 Å². The minimum Gasteiger partial charge on any atom is -0.565 e. The van der Waals surface area contributed by atoms with Gasteiger partial charge in [-0.25, -0.2) is 0 Å². The van der Waals surface area contributed by atoms with Gasteiger partial charge in [0.05, 0.1) is 0 Å². The van der Waals surface area contributed by atoms with Crippen LogP contribution in [-0.4, -0.2) is 45.0 Å². The molecule has 96 valence electrons. The van der Waals surface area contributed by atoms with Crippen LogP contribution in [0, 0.1) is 39.9 Å². The monoisotopic (exact) mass is 476 g/mol. The van der Waals surface area contributed by atoms with Crippen LogP contribution >= 0.6 is 0 Å². The molecule has 0 rings (SSSR count). The van der Waals surface area contributed by atoms with Gasteiger partial charge < -0.3 is 60.0 Å². The van der Waals surface area contributed by atoms with E-state index in [2.05, 4.69) is 0 Å². The molecule has 17 heavy (non-hydrogen) atoms. The first-order valence-corrected chi connectivity index (χ1v) is 2.53. The van der Waals surface area contributed by atoms with E-state index in [1.165, 1.54) is 0 Å². The Kier molecular flexibility index (Phi) is 41.5. The quantitative estimate of drug-likeness (QED) is 0.259. The second-order valence-corrected chi connectivity index (χ2v) is 1.06. The predicted molar refractivity (Wildman–Crippen MR) is 32.1 cm³/mol. The van der Waals surface area contributed by atoms with Crippen molar-refractivity contribution in [3.05, 3.63) is 0 Å². The smallest absolute Gasteiger partial charge is 0.565 e. The molecule has 0 bridgehead atoms. The SMILES string of the molecule is O=C([O-])O.O=C([O-])O.O=C([O-])O.O=C([O-])O.[Th+4]. The molecule has 0 spiro atoms. The Morgan fingerprint density at radius 3 is 0.529 bits per heavy atom. The molecule has 0 heterocycles. The Balaban J connectivity index is -0.0000000369. The van der Waals surface area contributed by atoms with Crippen molar-refractivity contribution in [1.82, 2.24) is 0 Å². The molecule has 0 aromatic heterocycles. The molecule has 0 saturated heterocycles. The zero-order chi connectivity index (χ0) is 14.3. The summed E-state index contributed by atoms with van der Waals surface area (Å²) in [6, 6.07) is 0. The number of carbonyl (C=O) groups is 4. The van der Waals surface area contributed by atoms with Gasteiger partial charge in [0.1, 0.15) is 0 Å². The van der Waals surface area contributed by atoms with Crippen LogP contribution in [0.3, 0.4) is 0 Å². The number of rotatable bonds is 0. The van der Waals surface area contributed by atoms with Gasteiger partial charge in [0, 0.05) is 0 Å². The van der Waals surface area contributed by atoms with Gasteiger partial charge in [-0.1, -0.05) is 0 Å². The molecule has 0 radical (unpaired) electrons. The van der Waals surface area contributed by atoms with E-state index in [9.17, 15) is 0 Å². The number of hydrogen-bond acceptors (Lipinski definition) is 8. The van der Waals surface area contributed by atoms with Crippen LogP contribution in [0.2, 0.25) is 0 Å². The van der Waals surface area contributed by atoms with E-state index in [1.807, 2.05) is 0 Å². The van der Waals surface area contributed by atoms with Crippen molar-refractivity contribution in [2.45, 2.75) is 0 Å². The standard InChI is InChI=1S/4CH2O3.Th/c4*2-1(3)4;/h4*(H2,2,3,4);/q;;;;+4/p-4. The average molecular weight is 476 g/mol. The van der Waals surface area contributed by atoms with E-state index >= 15 is 0 Å². The van der Waals surface area contributed by atoms with Crippen LogP contribution in [0.4, 0.5) is 19.2 Å². The average Bonchev–Trinajstić information content (AvgIpc) is 1.76. The van der Waals surface area contributed by atoms with Gasteiger partial charge in [-0.2, -0.15) is 0 Å². The second-order valence-electron chi connectivity index (χ2n) is 1.06. The third-order valence-electron chi connectivity index (χ3n) is 0. The van der Waals surface area contributed by atoms with E-state index in [0.717, 1.165) is 0 Å². The third kappa shape index (κ3) is 871. The summed E-state index contributed by atoms with van der Waals surface area (Å²) < 4.78 is 0. The van der Waals surface area contributed by atoms with Crippen LogP contribution in [0.15, 0.2) is 0 Å². The molecule has 0 saturated carbocycles. The van der Waals surface area contributed by atoms with E-state index in [1.54, 1.807) is 0 Å². The van der Waals surface area contributed by atoms with Gasteiger partial charge in [-0.05, 0) is 0 Å². The molecule has 0 aliphatic heterocycles. The predicted octanol–water partition coefficient (Wildman–Crippen LogP) is -4.45. The maximum Gasteiger partial charge on any atom is 4.00 e. The van der Waals surface area contributed by atoms with Crippen molar-refractivity contribution >= 4 is 24.6 Å². The van der Waals surface area contributed by atoms with Crippen LogP contribution in [-0.2, 0) is 0 Å². The van der Waals surface area contributed by atoms with E-state index < -0.39 is 24.6 Å². The van der Waals surface area contributed by atoms with Crippen molar-refractivity contribution in [2.75, 3.05) is 0 Å². The second kappa shape index (κ2) is 23.9. The van der Waals surface area contributed by atoms with Crippen LogP contribution < -0.4 is 20.4 Å². The summed E-state index contributed by atoms with van der Waals surface area (Å²) in [6.07, 6.45) is -8.33. The first kappa shape index (κ1) is 29.5. The summed E-state index contributed by atoms with van der Waals surface area (Å²) in [5.74, 6) is 0.